The van der Waals surface area contributed by atoms with Gasteiger partial charge in [0, 0.05) is 10.6 Å². The number of aromatic carboxylic acids is 1. The predicted molar refractivity (Wildman–Crippen MR) is 75.8 cm³/mol. The van der Waals surface area contributed by atoms with Crippen LogP contribution >= 0.6 is 11.8 Å². The van der Waals surface area contributed by atoms with Crippen LogP contribution in [0.3, 0.4) is 0 Å². The zero-order valence-corrected chi connectivity index (χ0v) is 11.5. The van der Waals surface area contributed by atoms with Crippen LogP contribution in [0.1, 0.15) is 29.4 Å². The first-order valence-corrected chi connectivity index (χ1v) is 6.98. The van der Waals surface area contributed by atoms with Gasteiger partial charge in [0.1, 0.15) is 5.03 Å². The lowest BCUT2D eigenvalue weighted by atomic mass is 10.2. The summed E-state index contributed by atoms with van der Waals surface area (Å²) in [6, 6.07) is 13.1. The zero-order chi connectivity index (χ0) is 13.7. The van der Waals surface area contributed by atoms with Crippen molar-refractivity contribution in [2.24, 2.45) is 0 Å². The molecular weight excluding hydrogens is 258 g/mol. The van der Waals surface area contributed by atoms with Gasteiger partial charge in [0.2, 0.25) is 0 Å². The first-order chi connectivity index (χ1) is 9.19. The lowest BCUT2D eigenvalue weighted by Crippen LogP contribution is -2.01. The molecule has 3 nitrogen and oxygen atoms in total. The third-order valence-corrected chi connectivity index (χ3v) is 3.50. The lowest BCUT2D eigenvalue weighted by molar-refractivity contribution is 0.0696. The van der Waals surface area contributed by atoms with Crippen molar-refractivity contribution in [3.8, 4) is 0 Å². The second kappa shape index (κ2) is 6.38. The number of benzene rings is 1. The molecule has 98 valence electrons. The second-order valence-electron chi connectivity index (χ2n) is 4.16. The number of aromatic nitrogens is 1. The monoisotopic (exact) mass is 273 g/mol. The van der Waals surface area contributed by atoms with Gasteiger partial charge in [-0.1, -0.05) is 43.3 Å². The van der Waals surface area contributed by atoms with Gasteiger partial charge >= 0.3 is 5.97 Å². The average molecular weight is 273 g/mol. The molecule has 0 aliphatic carbocycles. The highest BCUT2D eigenvalue weighted by atomic mass is 32.2. The van der Waals surface area contributed by atoms with Crippen LogP contribution in [0.15, 0.2) is 52.4 Å². The molecule has 0 fully saturated rings. The van der Waals surface area contributed by atoms with Crippen molar-refractivity contribution in [3.05, 3.63) is 53.7 Å². The Balaban J connectivity index is 2.31. The standard InChI is InChI=1S/C15H15NO2S/c1-2-6-12-9-11(15(17)18)10-14(16-12)19-13-7-4-3-5-8-13/h3-5,7-10H,2,6H2,1H3,(H,17,18). The first kappa shape index (κ1) is 13.6. The Labute approximate surface area is 116 Å². The molecule has 1 aromatic heterocycles. The minimum atomic E-state index is -0.908. The van der Waals surface area contributed by atoms with Crippen LogP contribution in [0.4, 0.5) is 0 Å². The van der Waals surface area contributed by atoms with E-state index in [4.69, 9.17) is 5.11 Å². The summed E-state index contributed by atoms with van der Waals surface area (Å²) < 4.78 is 0. The molecule has 0 aliphatic heterocycles. The topological polar surface area (TPSA) is 50.2 Å². The second-order valence-corrected chi connectivity index (χ2v) is 5.25. The number of carboxylic acid groups (broad SMARTS) is 1. The number of hydrogen-bond donors (Lipinski definition) is 1. The molecule has 4 heteroatoms. The van der Waals surface area contributed by atoms with Crippen molar-refractivity contribution >= 4 is 17.7 Å². The van der Waals surface area contributed by atoms with Crippen molar-refractivity contribution in [1.29, 1.82) is 0 Å². The molecule has 2 aromatic rings. The molecule has 1 heterocycles. The highest BCUT2D eigenvalue weighted by Gasteiger charge is 2.09. The summed E-state index contributed by atoms with van der Waals surface area (Å²) in [5, 5.41) is 9.86. The quantitative estimate of drug-likeness (QED) is 0.898. The molecule has 1 aromatic carbocycles. The fourth-order valence-electron chi connectivity index (χ4n) is 1.73. The highest BCUT2D eigenvalue weighted by Crippen LogP contribution is 2.27. The minimum Gasteiger partial charge on any atom is -0.478 e. The summed E-state index contributed by atoms with van der Waals surface area (Å²) in [7, 11) is 0. The van der Waals surface area contributed by atoms with Gasteiger partial charge in [-0.05, 0) is 30.7 Å². The predicted octanol–water partition coefficient (Wildman–Crippen LogP) is 3.88. The van der Waals surface area contributed by atoms with Gasteiger partial charge in [0.25, 0.3) is 0 Å². The van der Waals surface area contributed by atoms with E-state index in [1.54, 1.807) is 12.1 Å². The summed E-state index contributed by atoms with van der Waals surface area (Å²) in [6.07, 6.45) is 1.75. The summed E-state index contributed by atoms with van der Waals surface area (Å²) in [6.45, 7) is 2.05. The fraction of sp³-hybridized carbons (Fsp3) is 0.200. The molecule has 0 radical (unpaired) electrons. The third kappa shape index (κ3) is 3.83. The van der Waals surface area contributed by atoms with Crippen molar-refractivity contribution in [3.63, 3.8) is 0 Å². The van der Waals surface area contributed by atoms with Crippen LogP contribution in [0.25, 0.3) is 0 Å². The number of carboxylic acids is 1. The van der Waals surface area contributed by atoms with Gasteiger partial charge in [0.15, 0.2) is 0 Å². The summed E-state index contributed by atoms with van der Waals surface area (Å²) >= 11 is 1.48. The number of rotatable bonds is 5. The first-order valence-electron chi connectivity index (χ1n) is 6.16. The van der Waals surface area contributed by atoms with E-state index >= 15 is 0 Å². The maximum absolute atomic E-state index is 11.1. The van der Waals surface area contributed by atoms with Gasteiger partial charge in [-0.15, -0.1) is 0 Å². The zero-order valence-electron chi connectivity index (χ0n) is 10.7. The Hall–Kier alpha value is -1.81. The van der Waals surface area contributed by atoms with Crippen molar-refractivity contribution in [1.82, 2.24) is 4.98 Å². The smallest absolute Gasteiger partial charge is 0.335 e. The van der Waals surface area contributed by atoms with E-state index in [0.29, 0.717) is 5.56 Å². The van der Waals surface area contributed by atoms with Gasteiger partial charge < -0.3 is 5.11 Å². The van der Waals surface area contributed by atoms with E-state index in [9.17, 15) is 4.79 Å². The Morgan fingerprint density at radius 1 is 1.26 bits per heavy atom. The SMILES string of the molecule is CCCc1cc(C(=O)O)cc(Sc2ccccc2)n1. The maximum Gasteiger partial charge on any atom is 0.335 e. The van der Waals surface area contributed by atoms with E-state index in [1.165, 1.54) is 11.8 Å². The number of aryl methyl sites for hydroxylation is 1. The van der Waals surface area contributed by atoms with Crippen LogP contribution in [-0.4, -0.2) is 16.1 Å². The van der Waals surface area contributed by atoms with E-state index in [1.807, 2.05) is 30.3 Å². The largest absolute Gasteiger partial charge is 0.478 e. The molecule has 0 spiro atoms. The molecule has 19 heavy (non-hydrogen) atoms. The third-order valence-electron chi connectivity index (χ3n) is 2.57. The van der Waals surface area contributed by atoms with Gasteiger partial charge in [-0.25, -0.2) is 9.78 Å². The molecule has 0 atom stereocenters. The molecular formula is C15H15NO2S. The number of pyridine rings is 1. The molecule has 0 aliphatic rings. The minimum absolute atomic E-state index is 0.303. The van der Waals surface area contributed by atoms with Crippen LogP contribution in [-0.2, 0) is 6.42 Å². The Kier molecular flexibility index (Phi) is 4.58. The van der Waals surface area contributed by atoms with E-state index in [-0.39, 0.29) is 0 Å². The number of hydrogen-bond acceptors (Lipinski definition) is 3. The highest BCUT2D eigenvalue weighted by molar-refractivity contribution is 7.99. The van der Waals surface area contributed by atoms with Gasteiger partial charge in [0.05, 0.1) is 5.56 Å². The molecule has 0 amide bonds. The lowest BCUT2D eigenvalue weighted by Gasteiger charge is -2.06. The van der Waals surface area contributed by atoms with Crippen LogP contribution < -0.4 is 0 Å². The van der Waals surface area contributed by atoms with Gasteiger partial charge in [-0.3, -0.25) is 0 Å². The molecule has 0 bridgehead atoms. The molecule has 0 saturated carbocycles. The van der Waals surface area contributed by atoms with Crippen LogP contribution in [0.2, 0.25) is 0 Å². The van der Waals surface area contributed by atoms with E-state index in [2.05, 4.69) is 11.9 Å². The Morgan fingerprint density at radius 2 is 2.00 bits per heavy atom. The summed E-state index contributed by atoms with van der Waals surface area (Å²) in [5.74, 6) is -0.908. The molecule has 0 unspecified atom stereocenters. The number of carbonyl (C=O) groups is 1. The van der Waals surface area contributed by atoms with E-state index in [0.717, 1.165) is 28.5 Å². The molecule has 1 N–H and O–H groups in total. The van der Waals surface area contributed by atoms with Crippen LogP contribution in [0.5, 0.6) is 0 Å². The van der Waals surface area contributed by atoms with Crippen LogP contribution in [0, 0.1) is 0 Å². The Bertz CT molecular complexity index is 570. The normalized spacial score (nSPS) is 10.4. The average Bonchev–Trinajstić information content (AvgIpc) is 2.40. The van der Waals surface area contributed by atoms with Gasteiger partial charge in [-0.2, -0.15) is 0 Å². The van der Waals surface area contributed by atoms with Crippen molar-refractivity contribution in [2.75, 3.05) is 0 Å². The van der Waals surface area contributed by atoms with E-state index < -0.39 is 5.97 Å². The summed E-state index contributed by atoms with van der Waals surface area (Å²) in [4.78, 5) is 16.7. The van der Waals surface area contributed by atoms with Crippen molar-refractivity contribution in [2.45, 2.75) is 29.7 Å². The molecule has 2 rings (SSSR count). The number of nitrogens with zero attached hydrogens (tertiary/aromatic N) is 1. The summed E-state index contributed by atoms with van der Waals surface area (Å²) in [5.41, 5.74) is 1.14. The Morgan fingerprint density at radius 3 is 2.63 bits per heavy atom. The van der Waals surface area contributed by atoms with Crippen molar-refractivity contribution < 1.29 is 9.90 Å². The maximum atomic E-state index is 11.1. The fourth-order valence-corrected chi connectivity index (χ4v) is 2.61. The molecule has 0 saturated heterocycles.